The smallest absolute Gasteiger partial charge is 0.354 e. The van der Waals surface area contributed by atoms with Crippen LogP contribution >= 0.6 is 0 Å². The minimum Gasteiger partial charge on any atom is -0.354 e. The molecule has 0 bridgehead atoms. The summed E-state index contributed by atoms with van der Waals surface area (Å²) in [6.45, 7) is 4.44. The van der Waals surface area contributed by atoms with Crippen LogP contribution in [0.3, 0.4) is 0 Å². The number of alkyl halides is 3. The lowest BCUT2D eigenvalue weighted by atomic mass is 9.89. The molecular formula is C25H38F4N4O4S. The standard InChI is InChI=1S/C25H38F4N4O4S/c1-17(2)14-21(33-24(35)31-16-18-8-4-3-5-9-18)23(34)30-12-6-7-13-32-38(36,37)22-11-10-19(26)15-20(22)25(27,28)29/h10-11,15,17-18,21,32H,3-9,12-14,16H2,1-2H3,(H,30,34)(H2,31,33,35). The van der Waals surface area contributed by atoms with Crippen LogP contribution in [0.15, 0.2) is 23.1 Å². The molecule has 1 aromatic carbocycles. The van der Waals surface area contributed by atoms with E-state index in [1.165, 1.54) is 6.42 Å². The molecule has 1 aliphatic rings. The van der Waals surface area contributed by atoms with Crippen molar-refractivity contribution in [2.45, 2.75) is 82.3 Å². The van der Waals surface area contributed by atoms with E-state index < -0.39 is 44.5 Å². The summed E-state index contributed by atoms with van der Waals surface area (Å²) in [5.74, 6) is -0.966. The molecule has 216 valence electrons. The minimum absolute atomic E-state index is 0.141. The van der Waals surface area contributed by atoms with E-state index in [0.717, 1.165) is 25.7 Å². The molecule has 1 atom stereocenters. The fraction of sp³-hybridized carbons (Fsp3) is 0.680. The number of unbranched alkanes of at least 4 members (excludes halogenated alkanes) is 1. The quantitative estimate of drug-likeness (QED) is 0.210. The van der Waals surface area contributed by atoms with Gasteiger partial charge in [0.25, 0.3) is 0 Å². The Balaban J connectivity index is 1.78. The SMILES string of the molecule is CC(C)CC(NC(=O)NCC1CCCCC1)C(=O)NCCCCNS(=O)(=O)c1ccc(F)cc1C(F)(F)F. The predicted octanol–water partition coefficient (Wildman–Crippen LogP) is 4.31. The fourth-order valence-electron chi connectivity index (χ4n) is 4.37. The summed E-state index contributed by atoms with van der Waals surface area (Å²) in [4.78, 5) is 24.0. The van der Waals surface area contributed by atoms with Gasteiger partial charge in [0, 0.05) is 19.6 Å². The molecule has 1 aromatic rings. The number of nitrogens with one attached hydrogen (secondary N) is 4. The highest BCUT2D eigenvalue weighted by atomic mass is 32.2. The zero-order chi connectivity index (χ0) is 28.3. The van der Waals surface area contributed by atoms with Crippen LogP contribution in [0.1, 0.15) is 70.8 Å². The number of rotatable bonds is 13. The Morgan fingerprint density at radius 3 is 2.32 bits per heavy atom. The average molecular weight is 567 g/mol. The van der Waals surface area contributed by atoms with Crippen LogP contribution < -0.4 is 20.7 Å². The molecule has 38 heavy (non-hydrogen) atoms. The second-order valence-corrected chi connectivity index (χ2v) is 11.8. The maximum Gasteiger partial charge on any atom is 0.417 e. The zero-order valence-electron chi connectivity index (χ0n) is 21.8. The highest BCUT2D eigenvalue weighted by Crippen LogP contribution is 2.34. The molecule has 4 N–H and O–H groups in total. The Kier molecular flexibility index (Phi) is 12.3. The van der Waals surface area contributed by atoms with Gasteiger partial charge in [-0.3, -0.25) is 4.79 Å². The van der Waals surface area contributed by atoms with E-state index in [-0.39, 0.29) is 37.4 Å². The molecule has 2 rings (SSSR count). The molecule has 0 radical (unpaired) electrons. The first-order chi connectivity index (χ1) is 17.8. The lowest BCUT2D eigenvalue weighted by Gasteiger charge is -2.24. The van der Waals surface area contributed by atoms with Crippen LogP contribution in [0.4, 0.5) is 22.4 Å². The summed E-state index contributed by atoms with van der Waals surface area (Å²) in [7, 11) is -4.53. The Bertz CT molecular complexity index is 1030. The third kappa shape index (κ3) is 10.8. The molecule has 13 heteroatoms. The van der Waals surface area contributed by atoms with E-state index in [9.17, 15) is 35.6 Å². The van der Waals surface area contributed by atoms with Crippen LogP contribution in [-0.2, 0) is 21.0 Å². The predicted molar refractivity (Wildman–Crippen MR) is 135 cm³/mol. The molecule has 0 aliphatic heterocycles. The van der Waals surface area contributed by atoms with Gasteiger partial charge in [0.15, 0.2) is 0 Å². The van der Waals surface area contributed by atoms with E-state index in [2.05, 4.69) is 20.7 Å². The molecule has 0 aromatic heterocycles. The number of hydrogen-bond acceptors (Lipinski definition) is 4. The van der Waals surface area contributed by atoms with Gasteiger partial charge in [-0.25, -0.2) is 22.3 Å². The summed E-state index contributed by atoms with van der Waals surface area (Å²) in [6, 6.07) is 0.233. The first-order valence-electron chi connectivity index (χ1n) is 13.0. The Morgan fingerprint density at radius 1 is 1.03 bits per heavy atom. The Labute approximate surface area is 221 Å². The molecule has 1 saturated carbocycles. The molecular weight excluding hydrogens is 528 g/mol. The number of carbonyl (C=O) groups is 2. The maximum atomic E-state index is 13.3. The average Bonchev–Trinajstić information content (AvgIpc) is 2.84. The number of hydrogen-bond donors (Lipinski definition) is 4. The third-order valence-corrected chi connectivity index (χ3v) is 7.86. The molecule has 0 spiro atoms. The van der Waals surface area contributed by atoms with Crippen LogP contribution in [0.5, 0.6) is 0 Å². The summed E-state index contributed by atoms with van der Waals surface area (Å²) in [5, 5.41) is 8.29. The van der Waals surface area contributed by atoms with Gasteiger partial charge < -0.3 is 16.0 Å². The number of carbonyl (C=O) groups excluding carboxylic acids is 2. The van der Waals surface area contributed by atoms with Gasteiger partial charge >= 0.3 is 12.2 Å². The summed E-state index contributed by atoms with van der Waals surface area (Å²) >= 11 is 0. The van der Waals surface area contributed by atoms with Crippen LogP contribution in [-0.4, -0.2) is 46.0 Å². The van der Waals surface area contributed by atoms with Crippen molar-refractivity contribution in [1.82, 2.24) is 20.7 Å². The van der Waals surface area contributed by atoms with Crippen molar-refractivity contribution < 1.29 is 35.6 Å². The van der Waals surface area contributed by atoms with Gasteiger partial charge in [-0.05, 0) is 62.1 Å². The van der Waals surface area contributed by atoms with Crippen molar-refractivity contribution in [3.63, 3.8) is 0 Å². The second-order valence-electron chi connectivity index (χ2n) is 10.1. The zero-order valence-corrected chi connectivity index (χ0v) is 22.6. The molecule has 0 saturated heterocycles. The summed E-state index contributed by atoms with van der Waals surface area (Å²) in [5.41, 5.74) is -1.58. The Hall–Kier alpha value is -2.41. The number of urea groups is 1. The summed E-state index contributed by atoms with van der Waals surface area (Å²) in [6.07, 6.45) is 1.67. The lowest BCUT2D eigenvalue weighted by molar-refractivity contribution is -0.140. The topological polar surface area (TPSA) is 116 Å². The Morgan fingerprint density at radius 2 is 1.68 bits per heavy atom. The van der Waals surface area contributed by atoms with Crippen molar-refractivity contribution in [3.05, 3.63) is 29.6 Å². The molecule has 1 aliphatic carbocycles. The first kappa shape index (κ1) is 31.8. The summed E-state index contributed by atoms with van der Waals surface area (Å²) < 4.78 is 79.5. The monoisotopic (exact) mass is 566 g/mol. The van der Waals surface area contributed by atoms with E-state index in [4.69, 9.17) is 0 Å². The van der Waals surface area contributed by atoms with E-state index >= 15 is 0 Å². The minimum atomic E-state index is -5.04. The van der Waals surface area contributed by atoms with Crippen molar-refractivity contribution in [3.8, 4) is 0 Å². The van der Waals surface area contributed by atoms with Gasteiger partial charge in [-0.2, -0.15) is 13.2 Å². The molecule has 3 amide bonds. The highest BCUT2D eigenvalue weighted by Gasteiger charge is 2.37. The first-order valence-corrected chi connectivity index (χ1v) is 14.5. The highest BCUT2D eigenvalue weighted by molar-refractivity contribution is 7.89. The molecule has 1 fully saturated rings. The lowest BCUT2D eigenvalue weighted by Crippen LogP contribution is -2.51. The van der Waals surface area contributed by atoms with Crippen molar-refractivity contribution >= 4 is 22.0 Å². The number of halogens is 4. The van der Waals surface area contributed by atoms with E-state index in [0.29, 0.717) is 37.4 Å². The largest absolute Gasteiger partial charge is 0.417 e. The van der Waals surface area contributed by atoms with Crippen LogP contribution in [0.25, 0.3) is 0 Å². The van der Waals surface area contributed by atoms with Gasteiger partial charge in [-0.15, -0.1) is 0 Å². The van der Waals surface area contributed by atoms with Crippen LogP contribution in [0.2, 0.25) is 0 Å². The number of amides is 3. The van der Waals surface area contributed by atoms with Crippen molar-refractivity contribution in [2.75, 3.05) is 19.6 Å². The third-order valence-electron chi connectivity index (χ3n) is 6.34. The van der Waals surface area contributed by atoms with Crippen molar-refractivity contribution in [2.24, 2.45) is 11.8 Å². The van der Waals surface area contributed by atoms with Gasteiger partial charge in [0.2, 0.25) is 15.9 Å². The number of sulfonamides is 1. The normalized spacial score (nSPS) is 15.8. The molecule has 0 heterocycles. The fourth-order valence-corrected chi connectivity index (χ4v) is 5.65. The molecule has 1 unspecified atom stereocenters. The van der Waals surface area contributed by atoms with Gasteiger partial charge in [0.05, 0.1) is 10.5 Å². The molecule has 8 nitrogen and oxygen atoms in total. The maximum absolute atomic E-state index is 13.3. The van der Waals surface area contributed by atoms with Crippen molar-refractivity contribution in [1.29, 1.82) is 0 Å². The van der Waals surface area contributed by atoms with Gasteiger partial charge in [0.1, 0.15) is 11.9 Å². The van der Waals surface area contributed by atoms with Crippen LogP contribution in [0, 0.1) is 17.7 Å². The number of benzene rings is 1. The van der Waals surface area contributed by atoms with E-state index in [1.54, 1.807) is 0 Å². The van der Waals surface area contributed by atoms with E-state index in [1.807, 2.05) is 13.8 Å². The second kappa shape index (κ2) is 14.7. The van der Waals surface area contributed by atoms with Gasteiger partial charge in [-0.1, -0.05) is 33.1 Å².